The number of benzene rings is 3. The van der Waals surface area contributed by atoms with E-state index in [1.807, 2.05) is 20.8 Å². The van der Waals surface area contributed by atoms with Crippen molar-refractivity contribution in [2.45, 2.75) is 50.6 Å². The number of phenolic OH excluding ortho intramolecular Hbond substituents is 1. The van der Waals surface area contributed by atoms with E-state index in [4.69, 9.17) is 0 Å². The second-order valence-corrected chi connectivity index (χ2v) is 15.6. The molecule has 0 saturated heterocycles. The van der Waals surface area contributed by atoms with Crippen LogP contribution in [0.1, 0.15) is 55.1 Å². The second-order valence-electron chi connectivity index (χ2n) is 12.3. The molecule has 0 fully saturated rings. The van der Waals surface area contributed by atoms with Gasteiger partial charge in [0.15, 0.2) is 11.6 Å². The molecule has 0 spiro atoms. The highest BCUT2D eigenvalue weighted by molar-refractivity contribution is 7.92. The van der Waals surface area contributed by atoms with Gasteiger partial charge in [0.2, 0.25) is 10.0 Å². The number of nitrogens with one attached hydrogen (secondary N) is 3. The van der Waals surface area contributed by atoms with Crippen molar-refractivity contribution in [2.75, 3.05) is 16.3 Å². The molecule has 5 rings (SSSR count). The Labute approximate surface area is 256 Å². The van der Waals surface area contributed by atoms with E-state index < -0.39 is 43.1 Å². The predicted molar refractivity (Wildman–Crippen MR) is 168 cm³/mol. The lowest BCUT2D eigenvalue weighted by Crippen LogP contribution is -2.59. The molecule has 3 aromatic rings. The maximum Gasteiger partial charge on any atom is 0.286 e. The van der Waals surface area contributed by atoms with Gasteiger partial charge in [-0.2, -0.15) is 8.42 Å². The largest absolute Gasteiger partial charge is 0.508 e. The Morgan fingerprint density at radius 1 is 1.02 bits per heavy atom. The molecule has 0 amide bonds. The number of carbonyl (C=O) groups excluding carboxylic acids is 2. The van der Waals surface area contributed by atoms with E-state index in [1.54, 1.807) is 48.5 Å². The van der Waals surface area contributed by atoms with Gasteiger partial charge in [0.05, 0.1) is 11.9 Å². The monoisotopic (exact) mass is 638 g/mol. The van der Waals surface area contributed by atoms with Gasteiger partial charge in [-0.25, -0.2) is 8.42 Å². The van der Waals surface area contributed by atoms with Crippen LogP contribution in [0.4, 0.5) is 11.4 Å². The molecule has 232 valence electrons. The van der Waals surface area contributed by atoms with Crippen LogP contribution >= 0.6 is 0 Å². The number of carbonyl (C=O) groups is 2. The number of rotatable bonds is 8. The summed E-state index contributed by atoms with van der Waals surface area (Å²) in [5, 5.41) is 16.7. The zero-order valence-corrected chi connectivity index (χ0v) is 26.3. The third-order valence-electron chi connectivity index (χ3n) is 7.74. The molecule has 2 atom stereocenters. The molecule has 1 aliphatic heterocycles. The highest BCUT2D eigenvalue weighted by Crippen LogP contribution is 2.43. The summed E-state index contributed by atoms with van der Waals surface area (Å²) in [6, 6.07) is 17.3. The van der Waals surface area contributed by atoms with Crippen molar-refractivity contribution in [2.24, 2.45) is 15.7 Å². The van der Waals surface area contributed by atoms with Crippen LogP contribution in [0.3, 0.4) is 0 Å². The first-order valence-electron chi connectivity index (χ1n) is 13.9. The summed E-state index contributed by atoms with van der Waals surface area (Å²) in [6.07, 6.45) is 1.78. The molecular formula is C31H34N4O7S2. The molecule has 44 heavy (non-hydrogen) atoms. The van der Waals surface area contributed by atoms with Gasteiger partial charge in [-0.3, -0.25) is 19.6 Å². The Morgan fingerprint density at radius 3 is 2.39 bits per heavy atom. The van der Waals surface area contributed by atoms with Crippen molar-refractivity contribution in [3.63, 3.8) is 0 Å². The van der Waals surface area contributed by atoms with Gasteiger partial charge in [-0.15, -0.1) is 4.40 Å². The Bertz CT molecular complexity index is 1910. The first kappa shape index (κ1) is 31.4. The second kappa shape index (κ2) is 11.1. The molecule has 13 heteroatoms. The average Bonchev–Trinajstić information content (AvgIpc) is 2.92. The van der Waals surface area contributed by atoms with Crippen molar-refractivity contribution >= 4 is 48.8 Å². The summed E-state index contributed by atoms with van der Waals surface area (Å²) in [5.74, 6) is -3.04. The molecule has 3 aromatic carbocycles. The molecular weight excluding hydrogens is 604 g/mol. The third kappa shape index (κ3) is 6.12. The topological polar surface area (TPSA) is 171 Å². The number of para-hydroxylation sites is 1. The molecule has 0 bridgehead atoms. The quantitative estimate of drug-likeness (QED) is 0.264. The minimum atomic E-state index is -4.44. The smallest absolute Gasteiger partial charge is 0.286 e. The van der Waals surface area contributed by atoms with Crippen molar-refractivity contribution in [1.29, 1.82) is 0 Å². The maximum absolute atomic E-state index is 14.7. The molecule has 1 aliphatic carbocycles. The van der Waals surface area contributed by atoms with Crippen LogP contribution < -0.4 is 15.4 Å². The number of hydrogen-bond donors (Lipinski definition) is 4. The zero-order valence-electron chi connectivity index (χ0n) is 24.7. The predicted octanol–water partition coefficient (Wildman–Crippen LogP) is 4.17. The van der Waals surface area contributed by atoms with E-state index in [9.17, 15) is 31.5 Å². The van der Waals surface area contributed by atoms with E-state index in [2.05, 4.69) is 19.8 Å². The molecule has 0 aromatic heterocycles. The SMILES string of the molecule is CC(C)(C)CCC1(NCc2ccccc2O)C(=O)C(C2=NS(=O)(=O)c3cc(NS(C)(=O)=O)ccc3N2)C(=O)c2ccccc21. The van der Waals surface area contributed by atoms with Gasteiger partial charge >= 0.3 is 0 Å². The molecule has 1 heterocycles. The Hall–Kier alpha value is -4.07. The lowest BCUT2D eigenvalue weighted by Gasteiger charge is -2.43. The number of ketones is 2. The first-order valence-corrected chi connectivity index (χ1v) is 17.3. The van der Waals surface area contributed by atoms with Crippen molar-refractivity contribution in [3.8, 4) is 5.75 Å². The Kier molecular flexibility index (Phi) is 7.93. The Morgan fingerprint density at radius 2 is 1.70 bits per heavy atom. The van der Waals surface area contributed by atoms with E-state index in [1.165, 1.54) is 12.1 Å². The molecule has 2 aliphatic rings. The lowest BCUT2D eigenvalue weighted by atomic mass is 9.66. The van der Waals surface area contributed by atoms with Crippen LogP contribution in [0.5, 0.6) is 5.75 Å². The van der Waals surface area contributed by atoms with Crippen molar-refractivity contribution in [1.82, 2.24) is 5.32 Å². The van der Waals surface area contributed by atoms with Crippen molar-refractivity contribution < 1.29 is 31.5 Å². The van der Waals surface area contributed by atoms with Crippen LogP contribution in [-0.4, -0.2) is 45.6 Å². The van der Waals surface area contributed by atoms with Crippen LogP contribution in [0, 0.1) is 11.3 Å². The average molecular weight is 639 g/mol. The summed E-state index contributed by atoms with van der Waals surface area (Å²) in [7, 11) is -8.13. The fourth-order valence-corrected chi connectivity index (χ4v) is 7.29. The van der Waals surface area contributed by atoms with E-state index in [0.717, 1.165) is 12.3 Å². The van der Waals surface area contributed by atoms with Crippen LogP contribution in [0.2, 0.25) is 0 Å². The molecule has 0 saturated carbocycles. The lowest BCUT2D eigenvalue weighted by molar-refractivity contribution is -0.128. The number of anilines is 2. The van der Waals surface area contributed by atoms with Crippen LogP contribution in [-0.2, 0) is 36.9 Å². The molecule has 2 unspecified atom stereocenters. The third-order valence-corrected chi connectivity index (χ3v) is 9.67. The number of fused-ring (bicyclic) bond motifs is 2. The highest BCUT2D eigenvalue weighted by Gasteiger charge is 2.54. The molecule has 4 N–H and O–H groups in total. The normalized spacial score (nSPS) is 21.1. The summed E-state index contributed by atoms with van der Waals surface area (Å²) in [5.41, 5.74) is -0.277. The first-order chi connectivity index (χ1) is 20.5. The Balaban J connectivity index is 1.62. The molecule has 11 nitrogen and oxygen atoms in total. The van der Waals surface area contributed by atoms with Gasteiger partial charge < -0.3 is 10.4 Å². The number of Topliss-reactive ketones (excluding diaryl/α,β-unsaturated/α-hetero) is 2. The van der Waals surface area contributed by atoms with Gasteiger partial charge in [0, 0.05) is 23.4 Å². The van der Waals surface area contributed by atoms with Gasteiger partial charge in [-0.05, 0) is 48.1 Å². The number of phenols is 1. The van der Waals surface area contributed by atoms with E-state index >= 15 is 0 Å². The summed E-state index contributed by atoms with van der Waals surface area (Å²) in [6.45, 7) is 6.20. The summed E-state index contributed by atoms with van der Waals surface area (Å²) in [4.78, 5) is 28.4. The number of aromatic hydroxyl groups is 1. The van der Waals surface area contributed by atoms with Gasteiger partial charge in [0.1, 0.15) is 27.9 Å². The zero-order chi connectivity index (χ0) is 32.1. The molecule has 0 radical (unpaired) electrons. The highest BCUT2D eigenvalue weighted by atomic mass is 32.2. The van der Waals surface area contributed by atoms with E-state index in [-0.39, 0.29) is 51.8 Å². The minimum absolute atomic E-state index is 0.0172. The number of sulfonamides is 2. The maximum atomic E-state index is 14.7. The van der Waals surface area contributed by atoms with Crippen molar-refractivity contribution in [3.05, 3.63) is 83.4 Å². The summed E-state index contributed by atoms with van der Waals surface area (Å²) < 4.78 is 56.3. The van der Waals surface area contributed by atoms with E-state index in [0.29, 0.717) is 17.5 Å². The number of hydrogen-bond acceptors (Lipinski definition) is 9. The number of amidine groups is 1. The fraction of sp³-hybridized carbons (Fsp3) is 0.323. The van der Waals surface area contributed by atoms with Gasteiger partial charge in [0.25, 0.3) is 10.0 Å². The van der Waals surface area contributed by atoms with Crippen LogP contribution in [0.15, 0.2) is 76.0 Å². The number of nitrogens with zero attached hydrogens (tertiary/aromatic N) is 1. The summed E-state index contributed by atoms with van der Waals surface area (Å²) >= 11 is 0. The van der Waals surface area contributed by atoms with Crippen LogP contribution in [0.25, 0.3) is 0 Å². The standard InChI is InChI=1S/C31H34N4O7S2/c1-30(2,3)15-16-31(32-18-19-9-5-8-12-24(19)36)22-11-7-6-10-21(22)27(37)26(28(31)38)29-33-23-14-13-20(34-43(4,39)40)17-25(23)44(41,42)35-29/h5-14,17,26,32,34,36H,15-16,18H2,1-4H3,(H,33,35). The van der Waals surface area contributed by atoms with Gasteiger partial charge in [-0.1, -0.05) is 63.2 Å². The minimum Gasteiger partial charge on any atom is -0.508 e. The fourth-order valence-electron chi connectivity index (χ4n) is 5.55.